The summed E-state index contributed by atoms with van der Waals surface area (Å²) in [5.41, 5.74) is 1.21. The van der Waals surface area contributed by atoms with Crippen molar-refractivity contribution in [2.75, 3.05) is 31.5 Å². The maximum absolute atomic E-state index is 13.0. The second-order valence-electron chi connectivity index (χ2n) is 7.10. The van der Waals surface area contributed by atoms with Gasteiger partial charge in [-0.1, -0.05) is 6.07 Å². The van der Waals surface area contributed by atoms with E-state index in [4.69, 9.17) is 4.42 Å². The van der Waals surface area contributed by atoms with Crippen LogP contribution in [0.3, 0.4) is 0 Å². The summed E-state index contributed by atoms with van der Waals surface area (Å²) < 4.78 is 18.2. The summed E-state index contributed by atoms with van der Waals surface area (Å²) >= 11 is 0. The number of halogens is 1. The summed E-state index contributed by atoms with van der Waals surface area (Å²) in [5, 5.41) is 2.72. The Morgan fingerprint density at radius 1 is 0.806 bits per heavy atom. The molecule has 0 aliphatic carbocycles. The number of nitrogens with one attached hydrogen (secondary N) is 1. The molecule has 31 heavy (non-hydrogen) atoms. The average Bonchev–Trinajstić information content (AvgIpc) is 3.34. The van der Waals surface area contributed by atoms with Crippen molar-refractivity contribution in [2.24, 2.45) is 0 Å². The third kappa shape index (κ3) is 4.63. The molecular weight excluding hydrogens is 401 g/mol. The lowest BCUT2D eigenvalue weighted by molar-refractivity contribution is 0.0518. The lowest BCUT2D eigenvalue weighted by atomic mass is 10.1. The first-order valence-electron chi connectivity index (χ1n) is 9.80. The Kier molecular flexibility index (Phi) is 5.79. The van der Waals surface area contributed by atoms with Crippen LogP contribution in [0, 0.1) is 5.82 Å². The average molecular weight is 421 g/mol. The molecule has 0 atom stereocenters. The molecule has 1 N–H and O–H groups in total. The number of rotatable bonds is 4. The molecule has 8 heteroatoms. The Hall–Kier alpha value is -3.94. The molecule has 2 aromatic carbocycles. The number of piperazine rings is 1. The summed E-state index contributed by atoms with van der Waals surface area (Å²) in [7, 11) is 0. The molecule has 1 saturated heterocycles. The van der Waals surface area contributed by atoms with Gasteiger partial charge in [-0.05, 0) is 54.6 Å². The van der Waals surface area contributed by atoms with E-state index in [1.54, 1.807) is 46.2 Å². The van der Waals surface area contributed by atoms with Crippen molar-refractivity contribution in [1.29, 1.82) is 0 Å². The molecule has 1 fully saturated rings. The molecule has 3 aromatic rings. The third-order valence-electron chi connectivity index (χ3n) is 5.06. The molecule has 1 aromatic heterocycles. The molecule has 0 bridgehead atoms. The molecule has 4 rings (SSSR count). The lowest BCUT2D eigenvalue weighted by Gasteiger charge is -2.34. The van der Waals surface area contributed by atoms with Crippen molar-refractivity contribution >= 4 is 23.4 Å². The van der Waals surface area contributed by atoms with Gasteiger partial charge in [0.1, 0.15) is 5.82 Å². The maximum atomic E-state index is 13.0. The Morgan fingerprint density at radius 2 is 1.48 bits per heavy atom. The lowest BCUT2D eigenvalue weighted by Crippen LogP contribution is -2.50. The van der Waals surface area contributed by atoms with Crippen molar-refractivity contribution in [3.8, 4) is 0 Å². The molecule has 0 saturated carbocycles. The molecule has 1 aliphatic rings. The van der Waals surface area contributed by atoms with Crippen LogP contribution in [-0.4, -0.2) is 53.7 Å². The first-order chi connectivity index (χ1) is 15.0. The Morgan fingerprint density at radius 3 is 2.13 bits per heavy atom. The molecule has 0 spiro atoms. The van der Waals surface area contributed by atoms with E-state index in [-0.39, 0.29) is 17.6 Å². The third-order valence-corrected chi connectivity index (χ3v) is 5.06. The van der Waals surface area contributed by atoms with Gasteiger partial charge in [-0.25, -0.2) is 4.39 Å². The van der Waals surface area contributed by atoms with Gasteiger partial charge in [-0.3, -0.25) is 14.4 Å². The summed E-state index contributed by atoms with van der Waals surface area (Å²) in [6.45, 7) is 1.62. The van der Waals surface area contributed by atoms with Gasteiger partial charge in [0.2, 0.25) is 0 Å². The van der Waals surface area contributed by atoms with Crippen molar-refractivity contribution in [3.05, 3.63) is 89.6 Å². The molecular formula is C23H20FN3O4. The molecule has 2 heterocycles. The van der Waals surface area contributed by atoms with Gasteiger partial charge in [0.15, 0.2) is 5.76 Å². The van der Waals surface area contributed by atoms with E-state index in [9.17, 15) is 18.8 Å². The van der Waals surface area contributed by atoms with Crippen molar-refractivity contribution in [3.63, 3.8) is 0 Å². The normalized spacial score (nSPS) is 13.7. The highest BCUT2D eigenvalue weighted by Crippen LogP contribution is 2.16. The van der Waals surface area contributed by atoms with Crippen molar-refractivity contribution < 1.29 is 23.2 Å². The highest BCUT2D eigenvalue weighted by Gasteiger charge is 2.26. The van der Waals surface area contributed by atoms with E-state index >= 15 is 0 Å². The standard InChI is InChI=1S/C23H20FN3O4/c24-18-8-6-16(7-9-18)21(28)25-19-4-1-3-17(15-19)22(29)26-10-12-27(13-11-26)23(30)20-5-2-14-31-20/h1-9,14-15H,10-13H2,(H,25,28). The smallest absolute Gasteiger partial charge is 0.289 e. The van der Waals surface area contributed by atoms with Crippen molar-refractivity contribution in [1.82, 2.24) is 9.80 Å². The molecule has 3 amide bonds. The highest BCUT2D eigenvalue weighted by atomic mass is 19.1. The fourth-order valence-corrected chi connectivity index (χ4v) is 3.39. The fraction of sp³-hybridized carbons (Fsp3) is 0.174. The van der Waals surface area contributed by atoms with Gasteiger partial charge < -0.3 is 19.5 Å². The predicted octanol–water partition coefficient (Wildman–Crippen LogP) is 3.27. The number of furan rings is 1. The Balaban J connectivity index is 1.37. The number of anilines is 1. The van der Waals surface area contributed by atoms with E-state index < -0.39 is 11.7 Å². The van der Waals surface area contributed by atoms with Crippen LogP contribution < -0.4 is 5.32 Å². The largest absolute Gasteiger partial charge is 0.459 e. The van der Waals surface area contributed by atoms with Crippen LogP contribution in [0.1, 0.15) is 31.3 Å². The van der Waals surface area contributed by atoms with Crippen LogP contribution in [-0.2, 0) is 0 Å². The minimum atomic E-state index is -0.421. The van der Waals surface area contributed by atoms with E-state index in [2.05, 4.69) is 5.32 Å². The molecule has 158 valence electrons. The van der Waals surface area contributed by atoms with Crippen LogP contribution in [0.25, 0.3) is 0 Å². The number of hydrogen-bond donors (Lipinski definition) is 1. The van der Waals surface area contributed by atoms with Crippen molar-refractivity contribution in [2.45, 2.75) is 0 Å². The topological polar surface area (TPSA) is 82.9 Å². The van der Waals surface area contributed by atoms with Gasteiger partial charge in [0.25, 0.3) is 17.7 Å². The summed E-state index contributed by atoms with van der Waals surface area (Å²) in [4.78, 5) is 40.9. The predicted molar refractivity (Wildman–Crippen MR) is 111 cm³/mol. The summed E-state index contributed by atoms with van der Waals surface area (Å²) in [5.74, 6) is -0.903. The molecule has 1 aliphatic heterocycles. The molecule has 0 unspecified atom stereocenters. The van der Waals surface area contributed by atoms with Crippen LogP contribution in [0.15, 0.2) is 71.3 Å². The number of carbonyl (C=O) groups is 3. The van der Waals surface area contributed by atoms with E-state index in [1.807, 2.05) is 0 Å². The fourth-order valence-electron chi connectivity index (χ4n) is 3.39. The van der Waals surface area contributed by atoms with Gasteiger partial charge in [-0.2, -0.15) is 0 Å². The van der Waals surface area contributed by atoms with Gasteiger partial charge in [0.05, 0.1) is 6.26 Å². The van der Waals surface area contributed by atoms with E-state index in [0.29, 0.717) is 43.0 Å². The maximum Gasteiger partial charge on any atom is 0.289 e. The van der Waals surface area contributed by atoms with E-state index in [1.165, 1.54) is 30.5 Å². The second-order valence-corrected chi connectivity index (χ2v) is 7.10. The van der Waals surface area contributed by atoms with Crippen LogP contribution in [0.2, 0.25) is 0 Å². The monoisotopic (exact) mass is 421 g/mol. The zero-order valence-electron chi connectivity index (χ0n) is 16.6. The highest BCUT2D eigenvalue weighted by molar-refractivity contribution is 6.05. The van der Waals surface area contributed by atoms with Gasteiger partial charge in [-0.15, -0.1) is 0 Å². The molecule has 0 radical (unpaired) electrons. The zero-order valence-corrected chi connectivity index (χ0v) is 16.6. The number of hydrogen-bond acceptors (Lipinski definition) is 4. The van der Waals surface area contributed by atoms with Crippen LogP contribution in [0.4, 0.5) is 10.1 Å². The number of amides is 3. The first kappa shape index (κ1) is 20.3. The summed E-state index contributed by atoms with van der Waals surface area (Å²) in [6, 6.07) is 15.1. The van der Waals surface area contributed by atoms with Crippen LogP contribution >= 0.6 is 0 Å². The molecule has 7 nitrogen and oxygen atoms in total. The number of benzene rings is 2. The quantitative estimate of drug-likeness (QED) is 0.701. The number of nitrogens with zero attached hydrogens (tertiary/aromatic N) is 2. The first-order valence-corrected chi connectivity index (χ1v) is 9.80. The van der Waals surface area contributed by atoms with Gasteiger partial charge >= 0.3 is 0 Å². The van der Waals surface area contributed by atoms with Crippen LogP contribution in [0.5, 0.6) is 0 Å². The number of carbonyl (C=O) groups excluding carboxylic acids is 3. The Bertz CT molecular complexity index is 1090. The summed E-state index contributed by atoms with van der Waals surface area (Å²) in [6.07, 6.45) is 1.45. The van der Waals surface area contributed by atoms with Gasteiger partial charge in [0, 0.05) is 43.0 Å². The second kappa shape index (κ2) is 8.83. The minimum absolute atomic E-state index is 0.178. The Labute approximate surface area is 178 Å². The zero-order chi connectivity index (χ0) is 21.8. The SMILES string of the molecule is O=C(Nc1cccc(C(=O)N2CCN(C(=O)c3ccco3)CC2)c1)c1ccc(F)cc1. The van der Waals surface area contributed by atoms with E-state index in [0.717, 1.165) is 0 Å². The minimum Gasteiger partial charge on any atom is -0.459 e.